The van der Waals surface area contributed by atoms with Gasteiger partial charge in [-0.3, -0.25) is 10.1 Å². The van der Waals surface area contributed by atoms with Gasteiger partial charge in [0.2, 0.25) is 0 Å². The lowest BCUT2D eigenvalue weighted by molar-refractivity contribution is 0.0961. The van der Waals surface area contributed by atoms with Gasteiger partial charge in [0.25, 0.3) is 5.91 Å². The zero-order valence-corrected chi connectivity index (χ0v) is 7.07. The molecule has 0 saturated heterocycles. The molecule has 3 N–H and O–H groups in total. The second-order valence-electron chi connectivity index (χ2n) is 2.48. The highest BCUT2D eigenvalue weighted by Crippen LogP contribution is 1.97. The van der Waals surface area contributed by atoms with Crippen LogP contribution in [-0.4, -0.2) is 16.9 Å². The zero-order chi connectivity index (χ0) is 9.84. The number of urea groups is 1. The quantitative estimate of drug-likeness (QED) is 0.645. The normalized spacial score (nSPS) is 9.31. The van der Waals surface area contributed by atoms with Crippen LogP contribution in [0.15, 0.2) is 18.2 Å². The molecule has 13 heavy (non-hydrogen) atoms. The molecule has 0 spiro atoms. The van der Waals surface area contributed by atoms with Crippen LogP contribution in [0.1, 0.15) is 16.2 Å². The van der Waals surface area contributed by atoms with Gasteiger partial charge in [-0.05, 0) is 19.1 Å². The molecular weight excluding hydrogens is 170 g/mol. The summed E-state index contributed by atoms with van der Waals surface area (Å²) in [5.41, 5.74) is 5.66. The fraction of sp³-hybridized carbons (Fsp3) is 0.125. The first-order chi connectivity index (χ1) is 6.09. The van der Waals surface area contributed by atoms with Crippen molar-refractivity contribution in [3.8, 4) is 0 Å². The van der Waals surface area contributed by atoms with Gasteiger partial charge >= 0.3 is 6.03 Å². The van der Waals surface area contributed by atoms with Crippen molar-refractivity contribution in [3.63, 3.8) is 0 Å². The van der Waals surface area contributed by atoms with Crippen molar-refractivity contribution >= 4 is 11.9 Å². The Kier molecular flexibility index (Phi) is 2.59. The Hall–Kier alpha value is -1.91. The molecule has 0 saturated carbocycles. The number of hydrogen-bond donors (Lipinski definition) is 2. The Morgan fingerprint density at radius 3 is 2.69 bits per heavy atom. The second kappa shape index (κ2) is 3.66. The van der Waals surface area contributed by atoms with Gasteiger partial charge in [-0.2, -0.15) is 0 Å². The van der Waals surface area contributed by atoms with Crippen molar-refractivity contribution in [2.24, 2.45) is 5.73 Å². The van der Waals surface area contributed by atoms with Crippen molar-refractivity contribution in [2.75, 3.05) is 0 Å². The summed E-state index contributed by atoms with van der Waals surface area (Å²) in [6.07, 6.45) is 0. The van der Waals surface area contributed by atoms with E-state index in [9.17, 15) is 9.59 Å². The van der Waals surface area contributed by atoms with Crippen LogP contribution in [0.3, 0.4) is 0 Å². The lowest BCUT2D eigenvalue weighted by atomic mass is 10.3. The van der Waals surface area contributed by atoms with Gasteiger partial charge in [-0.15, -0.1) is 0 Å². The van der Waals surface area contributed by atoms with E-state index in [2.05, 4.69) is 4.98 Å². The number of rotatable bonds is 1. The van der Waals surface area contributed by atoms with Crippen LogP contribution in [0.25, 0.3) is 0 Å². The summed E-state index contributed by atoms with van der Waals surface area (Å²) in [4.78, 5) is 25.4. The molecule has 0 aliphatic rings. The minimum atomic E-state index is -0.881. The number of carbonyl (C=O) groups is 2. The summed E-state index contributed by atoms with van der Waals surface area (Å²) >= 11 is 0. The summed E-state index contributed by atoms with van der Waals surface area (Å²) in [6, 6.07) is 4.05. The Morgan fingerprint density at radius 1 is 1.46 bits per heavy atom. The molecule has 0 aliphatic heterocycles. The largest absolute Gasteiger partial charge is 0.351 e. The Morgan fingerprint density at radius 2 is 2.15 bits per heavy atom. The molecule has 0 fully saturated rings. The Balaban J connectivity index is 2.83. The number of amides is 3. The van der Waals surface area contributed by atoms with Gasteiger partial charge in [-0.25, -0.2) is 9.78 Å². The standard InChI is InChI=1S/C8H9N3O2/c1-5-3-2-4-6(10-5)7(12)11-8(9)13/h2-4H,1H3,(H3,9,11,12,13). The van der Waals surface area contributed by atoms with Gasteiger partial charge in [0.1, 0.15) is 5.69 Å². The van der Waals surface area contributed by atoms with Crippen LogP contribution in [0.2, 0.25) is 0 Å². The minimum Gasteiger partial charge on any atom is -0.351 e. The molecule has 0 aromatic carbocycles. The van der Waals surface area contributed by atoms with E-state index in [0.717, 1.165) is 0 Å². The number of aromatic nitrogens is 1. The van der Waals surface area contributed by atoms with Crippen LogP contribution in [0.4, 0.5) is 4.79 Å². The smallest absolute Gasteiger partial charge is 0.319 e. The van der Waals surface area contributed by atoms with Crippen molar-refractivity contribution in [1.29, 1.82) is 0 Å². The van der Waals surface area contributed by atoms with Crippen LogP contribution in [0.5, 0.6) is 0 Å². The second-order valence-corrected chi connectivity index (χ2v) is 2.48. The topological polar surface area (TPSA) is 85.1 Å². The summed E-state index contributed by atoms with van der Waals surface area (Å²) in [6.45, 7) is 1.75. The summed E-state index contributed by atoms with van der Waals surface area (Å²) in [5, 5.41) is 1.92. The average molecular weight is 179 g/mol. The number of primary amides is 1. The third kappa shape index (κ3) is 2.55. The number of pyridine rings is 1. The van der Waals surface area contributed by atoms with Crippen LogP contribution >= 0.6 is 0 Å². The van der Waals surface area contributed by atoms with E-state index in [1.54, 1.807) is 19.1 Å². The van der Waals surface area contributed by atoms with E-state index in [4.69, 9.17) is 5.73 Å². The van der Waals surface area contributed by atoms with Crippen LogP contribution < -0.4 is 11.1 Å². The number of imide groups is 1. The lowest BCUT2D eigenvalue weighted by Crippen LogP contribution is -2.35. The molecule has 0 atom stereocenters. The molecule has 5 heteroatoms. The third-order valence-electron chi connectivity index (χ3n) is 1.36. The van der Waals surface area contributed by atoms with E-state index in [1.807, 2.05) is 5.32 Å². The molecule has 3 amide bonds. The minimum absolute atomic E-state index is 0.179. The van der Waals surface area contributed by atoms with Crippen molar-refractivity contribution < 1.29 is 9.59 Å². The maximum Gasteiger partial charge on any atom is 0.319 e. The van der Waals surface area contributed by atoms with E-state index in [-0.39, 0.29) is 5.69 Å². The van der Waals surface area contributed by atoms with E-state index >= 15 is 0 Å². The fourth-order valence-corrected chi connectivity index (χ4v) is 0.845. The molecule has 1 aromatic heterocycles. The van der Waals surface area contributed by atoms with E-state index in [1.165, 1.54) is 6.07 Å². The van der Waals surface area contributed by atoms with Crippen LogP contribution in [0, 0.1) is 6.92 Å². The Labute approximate surface area is 75.0 Å². The molecule has 0 unspecified atom stereocenters. The predicted octanol–water partition coefficient (Wildman–Crippen LogP) is 0.199. The fourth-order valence-electron chi connectivity index (χ4n) is 0.845. The number of nitrogens with one attached hydrogen (secondary N) is 1. The maximum absolute atomic E-state index is 11.1. The van der Waals surface area contributed by atoms with Crippen molar-refractivity contribution in [3.05, 3.63) is 29.6 Å². The number of aryl methyl sites for hydroxylation is 1. The maximum atomic E-state index is 11.1. The summed E-state index contributed by atoms with van der Waals surface area (Å²) in [7, 11) is 0. The molecule has 1 heterocycles. The van der Waals surface area contributed by atoms with E-state index < -0.39 is 11.9 Å². The molecule has 0 bridgehead atoms. The molecule has 68 valence electrons. The highest BCUT2D eigenvalue weighted by atomic mass is 16.2. The van der Waals surface area contributed by atoms with Gasteiger partial charge in [-0.1, -0.05) is 6.07 Å². The summed E-state index contributed by atoms with van der Waals surface area (Å²) < 4.78 is 0. The molecular formula is C8H9N3O2. The molecule has 0 radical (unpaired) electrons. The highest BCUT2D eigenvalue weighted by molar-refractivity contribution is 6.02. The first kappa shape index (κ1) is 9.18. The van der Waals surface area contributed by atoms with Gasteiger partial charge < -0.3 is 5.73 Å². The summed E-state index contributed by atoms with van der Waals surface area (Å²) in [5.74, 6) is -0.587. The van der Waals surface area contributed by atoms with Gasteiger partial charge in [0.15, 0.2) is 0 Å². The number of carbonyl (C=O) groups excluding carboxylic acids is 2. The predicted molar refractivity (Wildman–Crippen MR) is 46.0 cm³/mol. The van der Waals surface area contributed by atoms with Crippen molar-refractivity contribution in [1.82, 2.24) is 10.3 Å². The van der Waals surface area contributed by atoms with Gasteiger partial charge in [0, 0.05) is 5.69 Å². The van der Waals surface area contributed by atoms with E-state index in [0.29, 0.717) is 5.69 Å². The Bertz CT molecular complexity index is 349. The third-order valence-corrected chi connectivity index (χ3v) is 1.36. The average Bonchev–Trinajstić information content (AvgIpc) is 2.03. The SMILES string of the molecule is Cc1cccc(C(=O)NC(N)=O)n1. The zero-order valence-electron chi connectivity index (χ0n) is 7.07. The molecule has 1 rings (SSSR count). The van der Waals surface area contributed by atoms with Crippen LogP contribution in [-0.2, 0) is 0 Å². The first-order valence-electron chi connectivity index (χ1n) is 3.64. The van der Waals surface area contributed by atoms with Gasteiger partial charge in [0.05, 0.1) is 0 Å². The number of hydrogen-bond acceptors (Lipinski definition) is 3. The highest BCUT2D eigenvalue weighted by Gasteiger charge is 2.08. The molecule has 5 nitrogen and oxygen atoms in total. The monoisotopic (exact) mass is 179 g/mol. The molecule has 0 aliphatic carbocycles. The lowest BCUT2D eigenvalue weighted by Gasteiger charge is -1.99. The van der Waals surface area contributed by atoms with Crippen molar-refractivity contribution in [2.45, 2.75) is 6.92 Å². The molecule has 1 aromatic rings. The first-order valence-corrected chi connectivity index (χ1v) is 3.64. The number of nitrogens with zero attached hydrogens (tertiary/aromatic N) is 1. The number of nitrogens with two attached hydrogens (primary N) is 1.